The maximum Gasteiger partial charge on any atom is 0.264 e. The Hall–Kier alpha value is -2.57. The first-order valence-corrected chi connectivity index (χ1v) is 13.2. The maximum absolute atomic E-state index is 13.3. The topological polar surface area (TPSA) is 43.9 Å². The van der Waals surface area contributed by atoms with E-state index in [1.54, 1.807) is 11.9 Å². The van der Waals surface area contributed by atoms with Crippen LogP contribution in [0.3, 0.4) is 0 Å². The molecule has 0 spiro atoms. The smallest absolute Gasteiger partial charge is 0.264 e. The van der Waals surface area contributed by atoms with Crippen molar-refractivity contribution in [3.05, 3.63) is 64.1 Å². The Morgan fingerprint density at radius 2 is 1.76 bits per heavy atom. The predicted octanol–water partition coefficient (Wildman–Crippen LogP) is 5.20. The van der Waals surface area contributed by atoms with Crippen molar-refractivity contribution in [3.63, 3.8) is 0 Å². The van der Waals surface area contributed by atoms with Crippen LogP contribution in [-0.2, 0) is 4.79 Å². The first kappa shape index (κ1) is 23.2. The molecule has 0 N–H and O–H groups in total. The summed E-state index contributed by atoms with van der Waals surface area (Å²) in [5, 5.41) is 0. The quantitative estimate of drug-likeness (QED) is 0.573. The average Bonchev–Trinajstić information content (AvgIpc) is 2.87. The van der Waals surface area contributed by atoms with Crippen molar-refractivity contribution in [1.29, 1.82) is 0 Å². The molecule has 2 fully saturated rings. The van der Waals surface area contributed by atoms with E-state index in [1.165, 1.54) is 49.4 Å². The monoisotopic (exact) mass is 475 g/mol. The highest BCUT2D eigenvalue weighted by Gasteiger charge is 2.30. The molecule has 34 heavy (non-hydrogen) atoms. The fourth-order valence-electron chi connectivity index (χ4n) is 5.36. The minimum absolute atomic E-state index is 0.0373. The van der Waals surface area contributed by atoms with E-state index in [0.29, 0.717) is 16.5 Å². The standard InChI is InChI=1S/C28H33N3O2S/c1-20-7-6-8-21(17-20)18-26-28(33)29(2)24-19-22(11-12-25(24)34-26)27(32)31-15-13-30(14-16-31)23-9-4-3-5-10-23/h6-8,11-12,17-19,23H,3-5,9-10,13-16H2,1-2H3. The summed E-state index contributed by atoms with van der Waals surface area (Å²) in [6.45, 7) is 5.53. The van der Waals surface area contributed by atoms with Crippen LogP contribution >= 0.6 is 11.8 Å². The highest BCUT2D eigenvalue weighted by atomic mass is 32.2. The zero-order chi connectivity index (χ0) is 23.7. The second-order valence-electron chi connectivity index (χ2n) is 9.69. The maximum atomic E-state index is 13.3. The minimum atomic E-state index is -0.0373. The predicted molar refractivity (Wildman–Crippen MR) is 139 cm³/mol. The number of thioether (sulfide) groups is 1. The molecule has 6 heteroatoms. The Kier molecular flexibility index (Phi) is 6.79. The Morgan fingerprint density at radius 1 is 1.00 bits per heavy atom. The largest absolute Gasteiger partial charge is 0.336 e. The summed E-state index contributed by atoms with van der Waals surface area (Å²) in [5.74, 6) is 0.0303. The lowest BCUT2D eigenvalue weighted by Gasteiger charge is -2.40. The number of rotatable bonds is 3. The van der Waals surface area contributed by atoms with Crippen LogP contribution in [0.2, 0.25) is 0 Å². The molecule has 0 radical (unpaired) electrons. The third kappa shape index (κ3) is 4.80. The highest BCUT2D eigenvalue weighted by molar-refractivity contribution is 8.04. The van der Waals surface area contributed by atoms with E-state index >= 15 is 0 Å². The van der Waals surface area contributed by atoms with Crippen molar-refractivity contribution in [3.8, 4) is 0 Å². The molecule has 3 aliphatic rings. The van der Waals surface area contributed by atoms with Crippen LogP contribution in [0.25, 0.3) is 6.08 Å². The van der Waals surface area contributed by atoms with Crippen LogP contribution in [0.1, 0.15) is 53.6 Å². The molecule has 5 rings (SSSR count). The molecule has 0 aromatic heterocycles. The third-order valence-corrected chi connectivity index (χ3v) is 8.41. The van der Waals surface area contributed by atoms with Gasteiger partial charge in [0.1, 0.15) is 0 Å². The third-order valence-electron chi connectivity index (χ3n) is 7.34. The average molecular weight is 476 g/mol. The van der Waals surface area contributed by atoms with Gasteiger partial charge in [-0.2, -0.15) is 0 Å². The molecule has 2 heterocycles. The van der Waals surface area contributed by atoms with E-state index in [2.05, 4.69) is 11.0 Å². The number of amides is 2. The molecular formula is C28H33N3O2S. The fourth-order valence-corrected chi connectivity index (χ4v) is 6.45. The van der Waals surface area contributed by atoms with Gasteiger partial charge >= 0.3 is 0 Å². The van der Waals surface area contributed by atoms with Crippen molar-refractivity contribution in [2.45, 2.75) is 50.0 Å². The number of fused-ring (bicyclic) bond motifs is 1. The van der Waals surface area contributed by atoms with Gasteiger partial charge in [0.2, 0.25) is 0 Å². The summed E-state index contributed by atoms with van der Waals surface area (Å²) < 4.78 is 0. The summed E-state index contributed by atoms with van der Waals surface area (Å²) >= 11 is 1.48. The van der Waals surface area contributed by atoms with Crippen molar-refractivity contribution in [1.82, 2.24) is 9.80 Å². The first-order chi connectivity index (χ1) is 16.5. The van der Waals surface area contributed by atoms with Gasteiger partial charge in [-0.25, -0.2) is 0 Å². The molecule has 1 saturated heterocycles. The van der Waals surface area contributed by atoms with Crippen molar-refractivity contribution in [2.75, 3.05) is 38.1 Å². The van der Waals surface area contributed by atoms with E-state index < -0.39 is 0 Å². The summed E-state index contributed by atoms with van der Waals surface area (Å²) in [5.41, 5.74) is 3.66. The van der Waals surface area contributed by atoms with Gasteiger partial charge in [0, 0.05) is 49.7 Å². The number of carbonyl (C=O) groups is 2. The van der Waals surface area contributed by atoms with Gasteiger partial charge in [0.15, 0.2) is 0 Å². The number of hydrogen-bond donors (Lipinski definition) is 0. The lowest BCUT2D eigenvalue weighted by Crippen LogP contribution is -2.52. The van der Waals surface area contributed by atoms with E-state index in [4.69, 9.17) is 0 Å². The second kappa shape index (κ2) is 9.96. The summed E-state index contributed by atoms with van der Waals surface area (Å²) in [6, 6.07) is 14.6. The van der Waals surface area contributed by atoms with E-state index in [1.807, 2.05) is 54.3 Å². The Labute approximate surface area is 206 Å². The Balaban J connectivity index is 1.29. The van der Waals surface area contributed by atoms with Crippen LogP contribution in [0.5, 0.6) is 0 Å². The molecule has 0 atom stereocenters. The Morgan fingerprint density at radius 3 is 2.50 bits per heavy atom. The number of hydrogen-bond acceptors (Lipinski definition) is 4. The molecule has 1 aliphatic carbocycles. The molecular weight excluding hydrogens is 442 g/mol. The van der Waals surface area contributed by atoms with Gasteiger partial charge in [-0.05, 0) is 49.6 Å². The second-order valence-corrected chi connectivity index (χ2v) is 10.8. The first-order valence-electron chi connectivity index (χ1n) is 12.4. The van der Waals surface area contributed by atoms with Gasteiger partial charge in [0.05, 0.1) is 10.6 Å². The van der Waals surface area contributed by atoms with Crippen LogP contribution in [0.4, 0.5) is 5.69 Å². The zero-order valence-corrected chi connectivity index (χ0v) is 20.9. The summed E-state index contributed by atoms with van der Waals surface area (Å²) in [7, 11) is 1.79. The molecule has 2 aromatic carbocycles. The van der Waals surface area contributed by atoms with Crippen LogP contribution in [-0.4, -0.2) is 60.9 Å². The van der Waals surface area contributed by atoms with Crippen molar-refractivity contribution >= 4 is 35.3 Å². The number of carbonyl (C=O) groups excluding carboxylic acids is 2. The van der Waals surface area contributed by atoms with Gasteiger partial charge in [0.25, 0.3) is 11.8 Å². The number of aryl methyl sites for hydroxylation is 1. The molecule has 2 aliphatic heterocycles. The lowest BCUT2D eigenvalue weighted by atomic mass is 9.94. The van der Waals surface area contributed by atoms with Gasteiger partial charge in [-0.15, -0.1) is 0 Å². The van der Waals surface area contributed by atoms with Crippen LogP contribution < -0.4 is 4.90 Å². The molecule has 178 valence electrons. The lowest BCUT2D eigenvalue weighted by molar-refractivity contribution is -0.114. The Bertz CT molecular complexity index is 1110. The number of anilines is 1. The molecule has 2 aromatic rings. The molecule has 2 amide bonds. The highest BCUT2D eigenvalue weighted by Crippen LogP contribution is 2.42. The number of piperazine rings is 1. The van der Waals surface area contributed by atoms with Crippen LogP contribution in [0, 0.1) is 6.92 Å². The summed E-state index contributed by atoms with van der Waals surface area (Å²) in [6.07, 6.45) is 8.60. The van der Waals surface area contributed by atoms with E-state index in [9.17, 15) is 9.59 Å². The normalized spacial score (nSPS) is 21.1. The number of nitrogens with zero attached hydrogens (tertiary/aromatic N) is 3. The number of likely N-dealkylation sites (N-methyl/N-ethyl adjacent to an activating group) is 1. The molecule has 0 unspecified atom stereocenters. The van der Waals surface area contributed by atoms with Gasteiger partial charge in [-0.1, -0.05) is 60.9 Å². The molecule has 0 bridgehead atoms. The molecule has 1 saturated carbocycles. The summed E-state index contributed by atoms with van der Waals surface area (Å²) in [4.78, 5) is 34.3. The van der Waals surface area contributed by atoms with Crippen molar-refractivity contribution in [2.24, 2.45) is 0 Å². The van der Waals surface area contributed by atoms with Crippen molar-refractivity contribution < 1.29 is 9.59 Å². The minimum Gasteiger partial charge on any atom is -0.336 e. The van der Waals surface area contributed by atoms with Gasteiger partial charge in [-0.3, -0.25) is 14.5 Å². The number of benzene rings is 2. The van der Waals surface area contributed by atoms with E-state index in [-0.39, 0.29) is 11.8 Å². The van der Waals surface area contributed by atoms with E-state index in [0.717, 1.165) is 42.3 Å². The SMILES string of the molecule is Cc1cccc(C=C2Sc3ccc(C(=O)N4CCN(C5CCCCC5)CC4)cc3N(C)C2=O)c1. The van der Waals surface area contributed by atoms with Crippen LogP contribution in [0.15, 0.2) is 52.3 Å². The van der Waals surface area contributed by atoms with Gasteiger partial charge < -0.3 is 9.80 Å². The zero-order valence-electron chi connectivity index (χ0n) is 20.1. The fraction of sp³-hybridized carbons (Fsp3) is 0.429. The molecule has 5 nitrogen and oxygen atoms in total.